The Balaban J connectivity index is 1.32. The second kappa shape index (κ2) is 12.7. The molecule has 2 aromatic rings. The van der Waals surface area contributed by atoms with Crippen molar-refractivity contribution in [2.75, 3.05) is 0 Å². The number of nitrogens with zero attached hydrogens (tertiary/aromatic N) is 1. The standard InChI is InChI=1S/C37H46BNO5/c1-22(2)29-20-30-34(37(42)39(36(30)41)28-13-9-6-10-14-28)31-21-38(43)44-32(33(29)31)16-15-27(26-11-7-5-8-12-26)19-25-17-23(3)35(40)24(4)18-25/h5,7-8,11-12,17-19,22,28,30-32,34,40,43H,6,9-10,13-16,20-21H2,1-4H3/b27-19-/t30-,31+,32-,34-/m1/s1. The quantitative estimate of drug-likeness (QED) is 0.154. The lowest BCUT2D eigenvalue weighted by atomic mass is 9.57. The number of hydrogen-bond acceptors (Lipinski definition) is 5. The summed E-state index contributed by atoms with van der Waals surface area (Å²) in [6.45, 7) is 8.18. The van der Waals surface area contributed by atoms with E-state index in [4.69, 9.17) is 4.65 Å². The minimum Gasteiger partial charge on any atom is -0.507 e. The highest BCUT2D eigenvalue weighted by atomic mass is 16.5. The van der Waals surface area contributed by atoms with Gasteiger partial charge in [0, 0.05) is 6.04 Å². The van der Waals surface area contributed by atoms with E-state index in [1.807, 2.05) is 44.2 Å². The minimum atomic E-state index is -0.973. The van der Waals surface area contributed by atoms with Crippen LogP contribution in [0.3, 0.4) is 0 Å². The summed E-state index contributed by atoms with van der Waals surface area (Å²) >= 11 is 0. The average molecular weight is 596 g/mol. The zero-order chi connectivity index (χ0) is 31.1. The Labute approximate surface area is 262 Å². The Bertz CT molecular complexity index is 1450. The predicted molar refractivity (Wildman–Crippen MR) is 174 cm³/mol. The fourth-order valence-electron chi connectivity index (χ4n) is 8.49. The van der Waals surface area contributed by atoms with E-state index in [0.717, 1.165) is 59.1 Å². The molecule has 2 aromatic carbocycles. The first-order chi connectivity index (χ1) is 21.1. The number of imide groups is 1. The van der Waals surface area contributed by atoms with E-state index in [2.05, 4.69) is 32.1 Å². The van der Waals surface area contributed by atoms with Crippen molar-refractivity contribution in [3.63, 3.8) is 0 Å². The largest absolute Gasteiger partial charge is 0.507 e. The Morgan fingerprint density at radius 1 is 1.02 bits per heavy atom. The fourth-order valence-corrected chi connectivity index (χ4v) is 8.49. The maximum absolute atomic E-state index is 14.1. The molecule has 4 aliphatic rings. The maximum Gasteiger partial charge on any atom is 0.455 e. The van der Waals surface area contributed by atoms with Crippen LogP contribution >= 0.6 is 0 Å². The summed E-state index contributed by atoms with van der Waals surface area (Å²) in [5.41, 5.74) is 7.35. The van der Waals surface area contributed by atoms with Gasteiger partial charge in [-0.15, -0.1) is 0 Å². The first-order valence-electron chi connectivity index (χ1n) is 16.6. The molecule has 6 rings (SSSR count). The lowest BCUT2D eigenvalue weighted by molar-refractivity contribution is -0.143. The molecular weight excluding hydrogens is 549 g/mol. The van der Waals surface area contributed by atoms with E-state index >= 15 is 0 Å². The van der Waals surface area contributed by atoms with Gasteiger partial charge in [0.05, 0.1) is 17.9 Å². The number of benzene rings is 2. The molecule has 0 spiro atoms. The number of fused-ring (bicyclic) bond motifs is 3. The number of phenols is 1. The van der Waals surface area contributed by atoms with Crippen molar-refractivity contribution in [1.29, 1.82) is 0 Å². The molecule has 2 aliphatic heterocycles. The van der Waals surface area contributed by atoms with Gasteiger partial charge in [0.25, 0.3) is 0 Å². The van der Waals surface area contributed by atoms with Gasteiger partial charge in [0.15, 0.2) is 0 Å². The van der Waals surface area contributed by atoms with Gasteiger partial charge >= 0.3 is 7.12 Å². The number of rotatable bonds is 7. The van der Waals surface area contributed by atoms with Gasteiger partial charge in [-0.2, -0.15) is 0 Å². The summed E-state index contributed by atoms with van der Waals surface area (Å²) in [5.74, 6) is -0.393. The molecule has 232 valence electrons. The van der Waals surface area contributed by atoms with E-state index in [-0.39, 0.29) is 41.7 Å². The molecule has 2 saturated heterocycles. The van der Waals surface area contributed by atoms with E-state index in [9.17, 15) is 19.7 Å². The Hall–Kier alpha value is -3.16. The lowest BCUT2D eigenvalue weighted by Crippen LogP contribution is -2.47. The summed E-state index contributed by atoms with van der Waals surface area (Å²) in [5, 5.41) is 21.4. The van der Waals surface area contributed by atoms with Crippen LogP contribution in [0.1, 0.15) is 87.5 Å². The number of aryl methyl sites for hydroxylation is 2. The van der Waals surface area contributed by atoms with Crippen LogP contribution in [0.2, 0.25) is 6.32 Å². The number of carbonyl (C=O) groups is 2. The second-order valence-electron chi connectivity index (χ2n) is 13.8. The summed E-state index contributed by atoms with van der Waals surface area (Å²) < 4.78 is 6.31. The second-order valence-corrected chi connectivity index (χ2v) is 13.8. The average Bonchev–Trinajstić information content (AvgIpc) is 3.27. The van der Waals surface area contributed by atoms with Crippen LogP contribution in [0.25, 0.3) is 11.6 Å². The molecule has 44 heavy (non-hydrogen) atoms. The van der Waals surface area contributed by atoms with Crippen molar-refractivity contribution < 1.29 is 24.4 Å². The molecule has 2 aliphatic carbocycles. The summed E-state index contributed by atoms with van der Waals surface area (Å²) in [7, 11) is -0.973. The van der Waals surface area contributed by atoms with Crippen molar-refractivity contribution in [3.05, 3.63) is 75.9 Å². The molecule has 6 nitrogen and oxygen atoms in total. The van der Waals surface area contributed by atoms with Crippen molar-refractivity contribution in [2.45, 2.75) is 97.5 Å². The Morgan fingerprint density at radius 2 is 1.70 bits per heavy atom. The van der Waals surface area contributed by atoms with Crippen molar-refractivity contribution in [3.8, 4) is 5.75 Å². The summed E-state index contributed by atoms with van der Waals surface area (Å²) in [6.07, 6.45) is 9.28. The molecule has 0 radical (unpaired) electrons. The molecular formula is C37H46BNO5. The van der Waals surface area contributed by atoms with Gasteiger partial charge in [0.2, 0.25) is 11.8 Å². The van der Waals surface area contributed by atoms with E-state index in [1.165, 1.54) is 12.0 Å². The number of phenolic OH excluding ortho intramolecular Hbond substituents is 1. The molecule has 2 N–H and O–H groups in total. The lowest BCUT2D eigenvalue weighted by Gasteiger charge is -2.44. The van der Waals surface area contributed by atoms with Crippen molar-refractivity contribution in [2.24, 2.45) is 23.7 Å². The number of hydrogen-bond donors (Lipinski definition) is 2. The van der Waals surface area contributed by atoms with E-state index in [1.54, 1.807) is 4.90 Å². The van der Waals surface area contributed by atoms with Crippen molar-refractivity contribution >= 4 is 30.6 Å². The molecule has 1 saturated carbocycles. The van der Waals surface area contributed by atoms with Crippen LogP contribution in [0, 0.1) is 37.5 Å². The number of likely N-dealkylation sites (tertiary alicyclic amines) is 1. The number of amides is 2. The summed E-state index contributed by atoms with van der Waals surface area (Å²) in [4.78, 5) is 29.5. The molecule has 4 atom stereocenters. The van der Waals surface area contributed by atoms with Crippen LogP contribution < -0.4 is 0 Å². The third kappa shape index (κ3) is 5.81. The highest BCUT2D eigenvalue weighted by Crippen LogP contribution is 2.53. The number of allylic oxidation sites excluding steroid dienone is 2. The normalized spacial score (nSPS) is 26.5. The number of aromatic hydroxyl groups is 1. The van der Waals surface area contributed by atoms with E-state index in [0.29, 0.717) is 31.3 Å². The topological polar surface area (TPSA) is 87.1 Å². The molecule has 7 heteroatoms. The van der Waals surface area contributed by atoms with Gasteiger partial charge < -0.3 is 14.8 Å². The zero-order valence-electron chi connectivity index (χ0n) is 26.6. The fraction of sp³-hybridized carbons (Fsp3) is 0.514. The molecule has 0 aromatic heterocycles. The molecule has 0 bridgehead atoms. The zero-order valence-corrected chi connectivity index (χ0v) is 26.6. The van der Waals surface area contributed by atoms with Gasteiger partial charge in [-0.3, -0.25) is 14.5 Å². The van der Waals surface area contributed by atoms with Gasteiger partial charge in [-0.25, -0.2) is 0 Å². The highest BCUT2D eigenvalue weighted by molar-refractivity contribution is 6.43. The molecule has 2 heterocycles. The van der Waals surface area contributed by atoms with E-state index < -0.39 is 13.0 Å². The third-order valence-electron chi connectivity index (χ3n) is 10.6. The van der Waals surface area contributed by atoms with Crippen LogP contribution in [0.15, 0.2) is 53.6 Å². The Morgan fingerprint density at radius 3 is 2.36 bits per heavy atom. The maximum atomic E-state index is 14.1. The minimum absolute atomic E-state index is 0.00964. The SMILES string of the molecule is Cc1cc(/C=C(/CC[C@H]2OB(O)C[C@H]3C2=C(C(C)C)C[C@H]2C(=O)N(C4CCCCC4)C(=O)[C@H]23)c2ccccc2)cc(C)c1O. The van der Waals surface area contributed by atoms with Gasteiger partial charge in [-0.1, -0.05) is 75.1 Å². The highest BCUT2D eigenvalue weighted by Gasteiger charge is 2.58. The van der Waals surface area contributed by atoms with Gasteiger partial charge in [-0.05, 0) is 110 Å². The molecule has 0 unspecified atom stereocenters. The smallest absolute Gasteiger partial charge is 0.455 e. The monoisotopic (exact) mass is 595 g/mol. The number of carbonyl (C=O) groups excluding carboxylic acids is 2. The first-order valence-corrected chi connectivity index (χ1v) is 16.6. The first kappa shape index (κ1) is 30.9. The summed E-state index contributed by atoms with van der Waals surface area (Å²) in [6, 6.07) is 14.3. The van der Waals surface area contributed by atoms with Crippen LogP contribution in [-0.4, -0.2) is 46.1 Å². The molecule has 2 amide bonds. The van der Waals surface area contributed by atoms with Crippen molar-refractivity contribution in [1.82, 2.24) is 4.90 Å². The van der Waals surface area contributed by atoms with Gasteiger partial charge in [0.1, 0.15) is 5.75 Å². The Kier molecular flexibility index (Phi) is 8.90. The van der Waals surface area contributed by atoms with Crippen LogP contribution in [0.5, 0.6) is 5.75 Å². The third-order valence-corrected chi connectivity index (χ3v) is 10.6. The van der Waals surface area contributed by atoms with Crippen LogP contribution in [-0.2, 0) is 14.2 Å². The van der Waals surface area contributed by atoms with Crippen LogP contribution in [0.4, 0.5) is 0 Å². The predicted octanol–water partition coefficient (Wildman–Crippen LogP) is 7.12. The molecule has 3 fully saturated rings.